The Morgan fingerprint density at radius 3 is 1.80 bits per heavy atom. The van der Waals surface area contributed by atoms with E-state index >= 15 is 0 Å². The number of halogens is 3. The van der Waals surface area contributed by atoms with Crippen molar-refractivity contribution in [3.05, 3.63) is 0 Å². The van der Waals surface area contributed by atoms with E-state index in [1.807, 2.05) is 0 Å². The first kappa shape index (κ1) is 9.71. The van der Waals surface area contributed by atoms with Crippen molar-refractivity contribution in [3.8, 4) is 0 Å². The van der Waals surface area contributed by atoms with Gasteiger partial charge in [-0.2, -0.15) is 0 Å². The fraction of sp³-hybridized carbons (Fsp3) is 1.00. The molecular formula is C5H10F3NO. The lowest BCUT2D eigenvalue weighted by atomic mass is 10.2. The van der Waals surface area contributed by atoms with Gasteiger partial charge in [0.05, 0.1) is 6.10 Å². The predicted molar refractivity (Wildman–Crippen MR) is 30.3 cm³/mol. The van der Waals surface area contributed by atoms with Crippen molar-refractivity contribution in [2.24, 2.45) is 5.73 Å². The molecule has 10 heavy (non-hydrogen) atoms. The quantitative estimate of drug-likeness (QED) is 0.654. The summed E-state index contributed by atoms with van der Waals surface area (Å²) >= 11 is 0. The molecule has 5 heteroatoms. The van der Waals surface area contributed by atoms with Gasteiger partial charge in [0.2, 0.25) is 0 Å². The summed E-state index contributed by atoms with van der Waals surface area (Å²) in [7, 11) is 0. The van der Waals surface area contributed by atoms with Gasteiger partial charge in [0, 0.05) is 6.04 Å². The van der Waals surface area contributed by atoms with Gasteiger partial charge < -0.3 is 5.73 Å². The van der Waals surface area contributed by atoms with E-state index in [1.165, 1.54) is 13.8 Å². The molecule has 0 rings (SSSR count). The van der Waals surface area contributed by atoms with Crippen molar-refractivity contribution in [1.29, 1.82) is 0 Å². The van der Waals surface area contributed by atoms with Crippen molar-refractivity contribution < 1.29 is 17.9 Å². The fourth-order valence-electron chi connectivity index (χ4n) is 0.318. The molecule has 0 saturated heterocycles. The molecule has 0 amide bonds. The number of ether oxygens (including phenoxy) is 1. The molecular weight excluding hydrogens is 147 g/mol. The van der Waals surface area contributed by atoms with Gasteiger partial charge in [-0.05, 0) is 13.8 Å². The highest BCUT2D eigenvalue weighted by atomic mass is 19.4. The third-order valence-corrected chi connectivity index (χ3v) is 1.06. The molecule has 2 atom stereocenters. The normalized spacial score (nSPS) is 18.6. The van der Waals surface area contributed by atoms with Crippen LogP contribution in [-0.2, 0) is 4.74 Å². The van der Waals surface area contributed by atoms with E-state index in [0.29, 0.717) is 0 Å². The van der Waals surface area contributed by atoms with Crippen LogP contribution >= 0.6 is 0 Å². The van der Waals surface area contributed by atoms with Crippen LogP contribution in [0.5, 0.6) is 0 Å². The van der Waals surface area contributed by atoms with E-state index in [-0.39, 0.29) is 0 Å². The Bertz CT molecular complexity index is 102. The highest BCUT2D eigenvalue weighted by Gasteiger charge is 2.32. The van der Waals surface area contributed by atoms with Crippen molar-refractivity contribution in [2.45, 2.75) is 32.4 Å². The van der Waals surface area contributed by atoms with Gasteiger partial charge in [-0.3, -0.25) is 4.74 Å². The molecule has 0 bridgehead atoms. The van der Waals surface area contributed by atoms with Gasteiger partial charge in [-0.15, -0.1) is 13.2 Å². The summed E-state index contributed by atoms with van der Waals surface area (Å²) in [5, 5.41) is 0. The first-order chi connectivity index (χ1) is 4.33. The number of alkyl halides is 3. The third kappa shape index (κ3) is 4.58. The number of nitrogens with two attached hydrogens (primary N) is 1. The maximum Gasteiger partial charge on any atom is 0.522 e. The van der Waals surface area contributed by atoms with Crippen LogP contribution < -0.4 is 5.73 Å². The smallest absolute Gasteiger partial charge is 0.326 e. The number of hydrogen-bond donors (Lipinski definition) is 1. The lowest BCUT2D eigenvalue weighted by Crippen LogP contribution is -2.35. The van der Waals surface area contributed by atoms with Crippen LogP contribution in [0.1, 0.15) is 13.8 Å². The highest BCUT2D eigenvalue weighted by Crippen LogP contribution is 2.19. The van der Waals surface area contributed by atoms with Crippen LogP contribution in [0.15, 0.2) is 0 Å². The molecule has 2 N–H and O–H groups in total. The molecule has 0 aromatic heterocycles. The van der Waals surface area contributed by atoms with E-state index in [9.17, 15) is 13.2 Å². The molecule has 62 valence electrons. The molecule has 0 heterocycles. The fourth-order valence-corrected chi connectivity index (χ4v) is 0.318. The summed E-state index contributed by atoms with van der Waals surface area (Å²) < 4.78 is 37.7. The standard InChI is InChI=1S/C5H10F3NO/c1-3(9)4(2)10-5(6,7)8/h3-4H,9H2,1-2H3/t3?,4-/m0/s1. The zero-order valence-electron chi connectivity index (χ0n) is 5.77. The Morgan fingerprint density at radius 2 is 1.70 bits per heavy atom. The van der Waals surface area contributed by atoms with Crippen LogP contribution in [0.2, 0.25) is 0 Å². The molecule has 0 aromatic carbocycles. The first-order valence-corrected chi connectivity index (χ1v) is 2.83. The summed E-state index contributed by atoms with van der Waals surface area (Å²) in [6.45, 7) is 2.73. The van der Waals surface area contributed by atoms with Crippen LogP contribution in [0.25, 0.3) is 0 Å². The van der Waals surface area contributed by atoms with Gasteiger partial charge in [-0.25, -0.2) is 0 Å². The molecule has 0 aliphatic rings. The number of rotatable bonds is 2. The Morgan fingerprint density at radius 1 is 1.30 bits per heavy atom. The minimum atomic E-state index is -4.58. The molecule has 0 radical (unpaired) electrons. The second kappa shape index (κ2) is 3.21. The molecule has 2 nitrogen and oxygen atoms in total. The summed E-state index contributed by atoms with van der Waals surface area (Å²) in [6.07, 6.45) is -5.56. The second-order valence-corrected chi connectivity index (χ2v) is 2.13. The third-order valence-electron chi connectivity index (χ3n) is 1.06. The summed E-state index contributed by atoms with van der Waals surface area (Å²) in [5.74, 6) is 0. The van der Waals surface area contributed by atoms with Crippen molar-refractivity contribution in [1.82, 2.24) is 0 Å². The number of hydrogen-bond acceptors (Lipinski definition) is 2. The average Bonchev–Trinajstić information content (AvgIpc) is 1.60. The first-order valence-electron chi connectivity index (χ1n) is 2.83. The average molecular weight is 157 g/mol. The van der Waals surface area contributed by atoms with E-state index in [1.54, 1.807) is 0 Å². The minimum Gasteiger partial charge on any atom is -0.326 e. The zero-order chi connectivity index (χ0) is 8.36. The Labute approximate surface area is 57.1 Å². The van der Waals surface area contributed by atoms with Crippen LogP contribution in [0, 0.1) is 0 Å². The second-order valence-electron chi connectivity index (χ2n) is 2.13. The summed E-state index contributed by atoms with van der Waals surface area (Å²) in [5.41, 5.74) is 5.12. The van der Waals surface area contributed by atoms with Crippen molar-refractivity contribution >= 4 is 0 Å². The molecule has 1 unspecified atom stereocenters. The van der Waals surface area contributed by atoms with Crippen molar-refractivity contribution in [3.63, 3.8) is 0 Å². The lowest BCUT2D eigenvalue weighted by molar-refractivity contribution is -0.341. The molecule has 0 saturated carbocycles. The zero-order valence-corrected chi connectivity index (χ0v) is 5.77. The molecule has 0 aliphatic heterocycles. The Balaban J connectivity index is 3.68. The minimum absolute atomic E-state index is 0.610. The van der Waals surface area contributed by atoms with Crippen molar-refractivity contribution in [2.75, 3.05) is 0 Å². The lowest BCUT2D eigenvalue weighted by Gasteiger charge is -2.17. The topological polar surface area (TPSA) is 35.2 Å². The summed E-state index contributed by atoms with van der Waals surface area (Å²) in [4.78, 5) is 0. The largest absolute Gasteiger partial charge is 0.522 e. The van der Waals surface area contributed by atoms with Gasteiger partial charge in [0.1, 0.15) is 0 Å². The predicted octanol–water partition coefficient (Wildman–Crippen LogP) is 1.26. The van der Waals surface area contributed by atoms with Crippen LogP contribution in [-0.4, -0.2) is 18.5 Å². The van der Waals surface area contributed by atoms with E-state index < -0.39 is 18.5 Å². The Hall–Kier alpha value is -0.290. The van der Waals surface area contributed by atoms with Gasteiger partial charge in [-0.1, -0.05) is 0 Å². The summed E-state index contributed by atoms with van der Waals surface area (Å²) in [6, 6.07) is -0.610. The Kier molecular flexibility index (Phi) is 3.11. The van der Waals surface area contributed by atoms with E-state index in [0.717, 1.165) is 0 Å². The van der Waals surface area contributed by atoms with Gasteiger partial charge >= 0.3 is 6.36 Å². The monoisotopic (exact) mass is 157 g/mol. The van der Waals surface area contributed by atoms with Crippen LogP contribution in [0.3, 0.4) is 0 Å². The molecule has 0 aromatic rings. The molecule has 0 spiro atoms. The SMILES string of the molecule is CC(N)[C@H](C)OC(F)(F)F. The van der Waals surface area contributed by atoms with E-state index in [4.69, 9.17) is 5.73 Å². The van der Waals surface area contributed by atoms with E-state index in [2.05, 4.69) is 4.74 Å². The molecule has 0 aliphatic carbocycles. The maximum absolute atomic E-state index is 11.4. The van der Waals surface area contributed by atoms with Crippen LogP contribution in [0.4, 0.5) is 13.2 Å². The molecule has 0 fully saturated rings. The van der Waals surface area contributed by atoms with Gasteiger partial charge in [0.15, 0.2) is 0 Å². The van der Waals surface area contributed by atoms with Gasteiger partial charge in [0.25, 0.3) is 0 Å². The highest BCUT2D eigenvalue weighted by molar-refractivity contribution is 4.62. The maximum atomic E-state index is 11.4.